The second kappa shape index (κ2) is 4.34. The van der Waals surface area contributed by atoms with Crippen molar-refractivity contribution in [3.8, 4) is 0 Å². The number of furan rings is 1. The molecule has 2 nitrogen and oxygen atoms in total. The van der Waals surface area contributed by atoms with Crippen molar-refractivity contribution in [1.29, 1.82) is 0 Å². The number of hydrogen-bond acceptors (Lipinski definition) is 2. The van der Waals surface area contributed by atoms with Crippen LogP contribution in [-0.4, -0.2) is 6.29 Å². The normalized spacial score (nSPS) is 12.2. The number of carbonyl (C=O) groups is 1. The van der Waals surface area contributed by atoms with Gasteiger partial charge in [-0.3, -0.25) is 4.79 Å². The fourth-order valence-corrected chi connectivity index (χ4v) is 0.720. The molecule has 1 rings (SSSR count). The van der Waals surface area contributed by atoms with Gasteiger partial charge in [0.05, 0.1) is 12.5 Å². The Hall–Kier alpha value is -1.57. The monoisotopic (exact) mass is 162 g/mol. The van der Waals surface area contributed by atoms with Gasteiger partial charge in [-0.1, -0.05) is 18.2 Å². The number of allylic oxidation sites excluding steroid dienone is 3. The molecule has 2 heteroatoms. The average molecular weight is 162 g/mol. The Morgan fingerprint density at radius 1 is 1.58 bits per heavy atom. The van der Waals surface area contributed by atoms with Crippen LogP contribution in [-0.2, 0) is 4.79 Å². The molecule has 0 unspecified atom stereocenters. The molecular formula is C10H10O2. The van der Waals surface area contributed by atoms with E-state index in [9.17, 15) is 4.79 Å². The van der Waals surface area contributed by atoms with Gasteiger partial charge < -0.3 is 4.42 Å². The van der Waals surface area contributed by atoms with Gasteiger partial charge in [0.25, 0.3) is 0 Å². The van der Waals surface area contributed by atoms with E-state index in [4.69, 9.17) is 4.42 Å². The molecule has 0 aliphatic heterocycles. The van der Waals surface area contributed by atoms with Crippen LogP contribution < -0.4 is 0 Å². The van der Waals surface area contributed by atoms with E-state index in [1.54, 1.807) is 25.5 Å². The summed E-state index contributed by atoms with van der Waals surface area (Å²) in [6.45, 7) is 1.76. The molecule has 1 heterocycles. The maximum absolute atomic E-state index is 10.2. The predicted octanol–water partition coefficient (Wildman–Crippen LogP) is 2.44. The van der Waals surface area contributed by atoms with Gasteiger partial charge in [0.15, 0.2) is 0 Å². The van der Waals surface area contributed by atoms with Crippen LogP contribution in [0.4, 0.5) is 0 Å². The van der Waals surface area contributed by atoms with Crippen LogP contribution in [0.25, 0.3) is 6.08 Å². The summed E-state index contributed by atoms with van der Waals surface area (Å²) in [7, 11) is 0. The Kier molecular flexibility index (Phi) is 3.08. The number of rotatable bonds is 3. The van der Waals surface area contributed by atoms with Gasteiger partial charge in [0, 0.05) is 5.56 Å². The summed E-state index contributed by atoms with van der Waals surface area (Å²) in [6.07, 6.45) is 9.50. The minimum Gasteiger partial charge on any atom is -0.472 e. The molecule has 0 aromatic carbocycles. The van der Waals surface area contributed by atoms with Gasteiger partial charge in [-0.2, -0.15) is 0 Å². The average Bonchev–Trinajstić information content (AvgIpc) is 2.57. The Morgan fingerprint density at radius 3 is 3.00 bits per heavy atom. The Bertz CT molecular complexity index is 292. The zero-order valence-electron chi connectivity index (χ0n) is 6.86. The van der Waals surface area contributed by atoms with Crippen molar-refractivity contribution in [2.24, 2.45) is 0 Å². The molecule has 12 heavy (non-hydrogen) atoms. The first-order valence-corrected chi connectivity index (χ1v) is 3.65. The van der Waals surface area contributed by atoms with E-state index < -0.39 is 0 Å². The third kappa shape index (κ3) is 2.58. The smallest absolute Gasteiger partial charge is 0.145 e. The fourth-order valence-electron chi connectivity index (χ4n) is 0.720. The Balaban J connectivity index is 2.58. The number of aldehydes is 1. The maximum Gasteiger partial charge on any atom is 0.145 e. The summed E-state index contributed by atoms with van der Waals surface area (Å²) in [6, 6.07) is 1.85. The van der Waals surface area contributed by atoms with Gasteiger partial charge in [-0.15, -0.1) is 0 Å². The first kappa shape index (κ1) is 8.53. The summed E-state index contributed by atoms with van der Waals surface area (Å²) in [5, 5.41) is 0. The van der Waals surface area contributed by atoms with Gasteiger partial charge in [-0.25, -0.2) is 0 Å². The second-order valence-corrected chi connectivity index (χ2v) is 2.44. The lowest BCUT2D eigenvalue weighted by Gasteiger charge is -1.81. The Labute approximate surface area is 71.2 Å². The van der Waals surface area contributed by atoms with Crippen molar-refractivity contribution in [1.82, 2.24) is 0 Å². The highest BCUT2D eigenvalue weighted by Crippen LogP contribution is 2.02. The number of carbonyl (C=O) groups excluding carboxylic acids is 1. The van der Waals surface area contributed by atoms with E-state index in [2.05, 4.69) is 0 Å². The molecular weight excluding hydrogens is 152 g/mol. The topological polar surface area (TPSA) is 30.2 Å². The second-order valence-electron chi connectivity index (χ2n) is 2.44. The third-order valence-corrected chi connectivity index (χ3v) is 1.38. The molecule has 0 saturated heterocycles. The van der Waals surface area contributed by atoms with Crippen molar-refractivity contribution in [3.05, 3.63) is 41.9 Å². The zero-order chi connectivity index (χ0) is 8.81. The molecule has 0 fully saturated rings. The molecule has 0 N–H and O–H groups in total. The SMILES string of the molecule is C/C(C=O)=C/C=C/c1ccoc1. The first-order chi connectivity index (χ1) is 5.83. The lowest BCUT2D eigenvalue weighted by molar-refractivity contribution is -0.104. The molecule has 0 aliphatic rings. The van der Waals surface area contributed by atoms with Gasteiger partial charge in [0.1, 0.15) is 6.29 Å². The van der Waals surface area contributed by atoms with E-state index in [1.165, 1.54) is 0 Å². The lowest BCUT2D eigenvalue weighted by atomic mass is 10.2. The lowest BCUT2D eigenvalue weighted by Crippen LogP contribution is -1.71. The molecule has 0 radical (unpaired) electrons. The van der Waals surface area contributed by atoms with Crippen LogP contribution in [0, 0.1) is 0 Å². The van der Waals surface area contributed by atoms with Crippen LogP contribution in [0.5, 0.6) is 0 Å². The maximum atomic E-state index is 10.2. The van der Waals surface area contributed by atoms with Gasteiger partial charge in [0.2, 0.25) is 0 Å². The summed E-state index contributed by atoms with van der Waals surface area (Å²) in [5.41, 5.74) is 1.69. The highest BCUT2D eigenvalue weighted by Gasteiger charge is 1.84. The zero-order valence-corrected chi connectivity index (χ0v) is 6.86. The molecule has 62 valence electrons. The predicted molar refractivity (Wildman–Crippen MR) is 47.6 cm³/mol. The van der Waals surface area contributed by atoms with Crippen LogP contribution in [0.1, 0.15) is 12.5 Å². The van der Waals surface area contributed by atoms with Gasteiger partial charge >= 0.3 is 0 Å². The van der Waals surface area contributed by atoms with Crippen LogP contribution in [0.2, 0.25) is 0 Å². The standard InChI is InChI=1S/C10H10O2/c1-9(7-11)3-2-4-10-5-6-12-8-10/h2-8H,1H3/b4-2+,9-3-. The molecule has 1 aromatic heterocycles. The molecule has 0 aliphatic carbocycles. The quantitative estimate of drug-likeness (QED) is 0.388. The number of hydrogen-bond donors (Lipinski definition) is 0. The van der Waals surface area contributed by atoms with E-state index in [0.717, 1.165) is 11.8 Å². The largest absolute Gasteiger partial charge is 0.472 e. The van der Waals surface area contributed by atoms with Crippen molar-refractivity contribution in [3.63, 3.8) is 0 Å². The first-order valence-electron chi connectivity index (χ1n) is 3.65. The van der Waals surface area contributed by atoms with Crippen molar-refractivity contribution >= 4 is 12.4 Å². The van der Waals surface area contributed by atoms with Crippen molar-refractivity contribution < 1.29 is 9.21 Å². The minimum absolute atomic E-state index is 0.703. The van der Waals surface area contributed by atoms with E-state index >= 15 is 0 Å². The third-order valence-electron chi connectivity index (χ3n) is 1.38. The molecule has 0 spiro atoms. The molecule has 0 bridgehead atoms. The molecule has 0 amide bonds. The van der Waals surface area contributed by atoms with E-state index in [-0.39, 0.29) is 0 Å². The summed E-state index contributed by atoms with van der Waals surface area (Å²) >= 11 is 0. The van der Waals surface area contributed by atoms with E-state index in [0.29, 0.717) is 5.57 Å². The summed E-state index contributed by atoms with van der Waals surface area (Å²) in [5.74, 6) is 0. The highest BCUT2D eigenvalue weighted by atomic mass is 16.3. The minimum atomic E-state index is 0.703. The van der Waals surface area contributed by atoms with Crippen molar-refractivity contribution in [2.75, 3.05) is 0 Å². The van der Waals surface area contributed by atoms with Crippen LogP contribution in [0.3, 0.4) is 0 Å². The van der Waals surface area contributed by atoms with Crippen LogP contribution >= 0.6 is 0 Å². The van der Waals surface area contributed by atoms with Gasteiger partial charge in [-0.05, 0) is 18.6 Å². The Morgan fingerprint density at radius 2 is 2.42 bits per heavy atom. The molecule has 1 aromatic rings. The molecule has 0 atom stereocenters. The summed E-state index contributed by atoms with van der Waals surface area (Å²) < 4.78 is 4.86. The fraction of sp³-hybridized carbons (Fsp3) is 0.100. The summed E-state index contributed by atoms with van der Waals surface area (Å²) in [4.78, 5) is 10.2. The van der Waals surface area contributed by atoms with E-state index in [1.807, 2.05) is 18.2 Å². The molecule has 0 saturated carbocycles. The highest BCUT2D eigenvalue weighted by molar-refractivity contribution is 5.73. The van der Waals surface area contributed by atoms with Crippen molar-refractivity contribution in [2.45, 2.75) is 6.92 Å². The van der Waals surface area contributed by atoms with Crippen LogP contribution in [0.15, 0.2) is 40.7 Å².